The predicted molar refractivity (Wildman–Crippen MR) is 207 cm³/mol. The fourth-order valence-corrected chi connectivity index (χ4v) is 7.64. The van der Waals surface area contributed by atoms with E-state index >= 15 is 0 Å². The summed E-state index contributed by atoms with van der Waals surface area (Å²) >= 11 is 1.47. The number of rotatable bonds is 14. The first-order chi connectivity index (χ1) is 25.6. The van der Waals surface area contributed by atoms with Crippen LogP contribution in [0.2, 0.25) is 0 Å². The largest absolute Gasteiger partial charge is 0.461 e. The third-order valence-electron chi connectivity index (χ3n) is 9.25. The normalized spacial score (nSPS) is 11.3. The van der Waals surface area contributed by atoms with Crippen LogP contribution in [-0.4, -0.2) is 44.3 Å². The summed E-state index contributed by atoms with van der Waals surface area (Å²) in [6.45, 7) is 5.74. The van der Waals surface area contributed by atoms with Gasteiger partial charge in [0.25, 0.3) is 0 Å². The van der Waals surface area contributed by atoms with Crippen molar-refractivity contribution < 1.29 is 9.53 Å². The minimum absolute atomic E-state index is 0.311. The standard InChI is InChI=1S/C43H40N6O2S/c1-3-5-29-48(41-39(44-31-52-41)42(50)51-4-2)30-32-25-27-33(28-26-32)37-23-15-16-24-38(37)40-45-46-47-49(40)43(34-17-9-6-10-18-34,35-19-11-7-12-20-35)36-21-13-8-14-22-36/h6-28,31H,3-5,29-30H2,1-2H3. The first-order valence-electron chi connectivity index (χ1n) is 17.6. The third-order valence-corrected chi connectivity index (χ3v) is 10.1. The van der Waals surface area contributed by atoms with Gasteiger partial charge in [0.2, 0.25) is 0 Å². The van der Waals surface area contributed by atoms with E-state index in [0.717, 1.165) is 63.3 Å². The number of benzene rings is 5. The highest BCUT2D eigenvalue weighted by molar-refractivity contribution is 7.14. The maximum Gasteiger partial charge on any atom is 0.360 e. The Bertz CT molecular complexity index is 2110. The third kappa shape index (κ3) is 6.75. The molecule has 0 unspecified atom stereocenters. The van der Waals surface area contributed by atoms with Crippen LogP contribution in [0.1, 0.15) is 59.4 Å². The first-order valence-corrected chi connectivity index (χ1v) is 18.5. The number of thiazole rings is 1. The van der Waals surface area contributed by atoms with Crippen LogP contribution in [0.4, 0.5) is 5.00 Å². The number of ether oxygens (including phenoxy) is 1. The zero-order valence-corrected chi connectivity index (χ0v) is 30.1. The molecule has 0 atom stereocenters. The van der Waals surface area contributed by atoms with E-state index in [0.29, 0.717) is 24.7 Å². The molecule has 0 fully saturated rings. The lowest BCUT2D eigenvalue weighted by Gasteiger charge is -2.36. The molecule has 52 heavy (non-hydrogen) atoms. The molecule has 0 radical (unpaired) electrons. The molecule has 8 nitrogen and oxygen atoms in total. The van der Waals surface area contributed by atoms with E-state index in [1.54, 1.807) is 5.51 Å². The number of hydrogen-bond donors (Lipinski definition) is 0. The van der Waals surface area contributed by atoms with Crippen LogP contribution in [-0.2, 0) is 16.8 Å². The van der Waals surface area contributed by atoms with Gasteiger partial charge in [-0.25, -0.2) is 14.5 Å². The van der Waals surface area contributed by atoms with Gasteiger partial charge in [0, 0.05) is 18.7 Å². The van der Waals surface area contributed by atoms with E-state index in [1.165, 1.54) is 11.3 Å². The molecule has 7 aromatic rings. The van der Waals surface area contributed by atoms with Gasteiger partial charge in [0.05, 0.1) is 12.1 Å². The lowest BCUT2D eigenvalue weighted by atomic mass is 9.77. The van der Waals surface area contributed by atoms with Crippen LogP contribution in [0.15, 0.2) is 145 Å². The average Bonchev–Trinajstić information content (AvgIpc) is 3.90. The zero-order valence-electron chi connectivity index (χ0n) is 29.3. The Labute approximate surface area is 308 Å². The maximum absolute atomic E-state index is 12.7. The highest BCUT2D eigenvalue weighted by Crippen LogP contribution is 2.43. The van der Waals surface area contributed by atoms with Crippen LogP contribution < -0.4 is 4.90 Å². The molecule has 0 saturated heterocycles. The van der Waals surface area contributed by atoms with E-state index in [1.807, 2.05) is 41.9 Å². The second-order valence-corrected chi connectivity index (χ2v) is 13.3. The van der Waals surface area contributed by atoms with Crippen molar-refractivity contribution in [3.05, 3.63) is 173 Å². The highest BCUT2D eigenvalue weighted by Gasteiger charge is 2.42. The number of carbonyl (C=O) groups excluding carboxylic acids is 1. The molecule has 0 spiro atoms. The van der Waals surface area contributed by atoms with Crippen molar-refractivity contribution in [2.75, 3.05) is 18.1 Å². The fraction of sp³-hybridized carbons (Fsp3) is 0.186. The summed E-state index contributed by atoms with van der Waals surface area (Å²) < 4.78 is 7.28. The van der Waals surface area contributed by atoms with E-state index in [9.17, 15) is 4.79 Å². The van der Waals surface area contributed by atoms with Crippen LogP contribution >= 0.6 is 11.3 Å². The number of unbranched alkanes of at least 4 members (excludes halogenated alkanes) is 1. The van der Waals surface area contributed by atoms with Gasteiger partial charge in [-0.1, -0.05) is 153 Å². The van der Waals surface area contributed by atoms with Crippen molar-refractivity contribution in [3.63, 3.8) is 0 Å². The summed E-state index contributed by atoms with van der Waals surface area (Å²) in [5.74, 6) is 0.268. The van der Waals surface area contributed by atoms with Gasteiger partial charge in [-0.3, -0.25) is 0 Å². The number of carbonyl (C=O) groups is 1. The Hall–Kier alpha value is -5.93. The van der Waals surface area contributed by atoms with Gasteiger partial charge in [-0.05, 0) is 57.2 Å². The highest BCUT2D eigenvalue weighted by atomic mass is 32.1. The number of hydrogen-bond acceptors (Lipinski definition) is 8. The number of esters is 1. The summed E-state index contributed by atoms with van der Waals surface area (Å²) in [6, 6.07) is 48.2. The van der Waals surface area contributed by atoms with E-state index in [-0.39, 0.29) is 5.97 Å². The summed E-state index contributed by atoms with van der Waals surface area (Å²) in [4.78, 5) is 19.3. The molecule has 2 aromatic heterocycles. The smallest absolute Gasteiger partial charge is 0.360 e. The van der Waals surface area contributed by atoms with E-state index in [2.05, 4.69) is 131 Å². The lowest BCUT2D eigenvalue weighted by molar-refractivity contribution is 0.0521. The van der Waals surface area contributed by atoms with Crippen LogP contribution in [0, 0.1) is 0 Å². The summed E-state index contributed by atoms with van der Waals surface area (Å²) in [5, 5.41) is 14.6. The Kier molecular flexibility index (Phi) is 10.6. The number of tetrazole rings is 1. The van der Waals surface area contributed by atoms with Crippen molar-refractivity contribution in [2.24, 2.45) is 0 Å². The Morgan fingerprint density at radius 1 is 0.750 bits per heavy atom. The first kappa shape index (κ1) is 34.5. The molecule has 0 saturated carbocycles. The van der Waals surface area contributed by atoms with E-state index in [4.69, 9.17) is 15.0 Å². The number of anilines is 1. The molecule has 9 heteroatoms. The second-order valence-electron chi connectivity index (χ2n) is 12.5. The molecule has 0 N–H and O–H groups in total. The Balaban J connectivity index is 1.29. The fourth-order valence-electron chi connectivity index (χ4n) is 6.83. The van der Waals surface area contributed by atoms with Gasteiger partial charge in [0.1, 0.15) is 10.5 Å². The molecular weight excluding hydrogens is 665 g/mol. The number of nitrogens with zero attached hydrogens (tertiary/aromatic N) is 6. The van der Waals surface area contributed by atoms with Crippen LogP contribution in [0.25, 0.3) is 22.5 Å². The molecule has 0 amide bonds. The van der Waals surface area contributed by atoms with Gasteiger partial charge in [-0.15, -0.1) is 16.4 Å². The Morgan fingerprint density at radius 2 is 1.33 bits per heavy atom. The summed E-state index contributed by atoms with van der Waals surface area (Å²) in [7, 11) is 0. The molecular formula is C43H40N6O2S. The number of aromatic nitrogens is 5. The predicted octanol–water partition coefficient (Wildman–Crippen LogP) is 9.29. The molecule has 0 aliphatic heterocycles. The van der Waals surface area contributed by atoms with E-state index < -0.39 is 5.54 Å². The maximum atomic E-state index is 12.7. The molecule has 0 aliphatic carbocycles. The molecule has 2 heterocycles. The van der Waals surface area contributed by atoms with Crippen molar-refractivity contribution in [1.82, 2.24) is 25.2 Å². The van der Waals surface area contributed by atoms with Crippen molar-refractivity contribution in [3.8, 4) is 22.5 Å². The van der Waals surface area contributed by atoms with Crippen molar-refractivity contribution >= 4 is 22.3 Å². The molecule has 7 rings (SSSR count). The average molecular weight is 705 g/mol. The monoisotopic (exact) mass is 704 g/mol. The van der Waals surface area contributed by atoms with Crippen molar-refractivity contribution in [1.29, 1.82) is 0 Å². The van der Waals surface area contributed by atoms with Crippen LogP contribution in [0.3, 0.4) is 0 Å². The van der Waals surface area contributed by atoms with Crippen LogP contribution in [0.5, 0.6) is 0 Å². The molecule has 260 valence electrons. The topological polar surface area (TPSA) is 86.0 Å². The van der Waals surface area contributed by atoms with Crippen molar-refractivity contribution in [2.45, 2.75) is 38.8 Å². The molecule has 0 aliphatic rings. The Morgan fingerprint density at radius 3 is 1.90 bits per heavy atom. The molecule has 0 bridgehead atoms. The van der Waals surface area contributed by atoms with Gasteiger partial charge in [-0.2, -0.15) is 0 Å². The summed E-state index contributed by atoms with van der Waals surface area (Å²) in [6.07, 6.45) is 2.04. The molecule has 5 aromatic carbocycles. The minimum atomic E-state index is -0.861. The zero-order chi connectivity index (χ0) is 35.8. The quantitative estimate of drug-likeness (QED) is 0.0824. The lowest BCUT2D eigenvalue weighted by Crippen LogP contribution is -2.39. The summed E-state index contributed by atoms with van der Waals surface area (Å²) in [5.41, 5.74) is 8.47. The van der Waals surface area contributed by atoms with Gasteiger partial charge in [0.15, 0.2) is 11.5 Å². The minimum Gasteiger partial charge on any atom is -0.461 e. The second kappa shape index (κ2) is 16.0. The van der Waals surface area contributed by atoms with Gasteiger partial charge < -0.3 is 9.64 Å². The van der Waals surface area contributed by atoms with Gasteiger partial charge >= 0.3 is 5.97 Å². The SMILES string of the molecule is CCCCN(Cc1ccc(-c2ccccc2-c2nnnn2C(c2ccccc2)(c2ccccc2)c2ccccc2)cc1)c1scnc1C(=O)OCC.